The fourth-order valence-electron chi connectivity index (χ4n) is 1.54. The van der Waals surface area contributed by atoms with Gasteiger partial charge in [-0.2, -0.15) is 0 Å². The van der Waals surface area contributed by atoms with Crippen LogP contribution in [0.1, 0.15) is 40.7 Å². The largest absolute Gasteiger partial charge is 0.368 e. The molecular formula is C12H22N6O2S. The molecule has 1 aromatic heterocycles. The lowest BCUT2D eigenvalue weighted by Crippen LogP contribution is -2.48. The van der Waals surface area contributed by atoms with Crippen LogP contribution in [0.2, 0.25) is 0 Å². The molecule has 0 saturated heterocycles. The van der Waals surface area contributed by atoms with E-state index in [1.54, 1.807) is 4.57 Å². The van der Waals surface area contributed by atoms with Crippen LogP contribution in [0.15, 0.2) is 5.16 Å². The maximum atomic E-state index is 11.7. The van der Waals surface area contributed by atoms with Gasteiger partial charge in [0.15, 0.2) is 5.16 Å². The van der Waals surface area contributed by atoms with Gasteiger partial charge in [0.25, 0.3) is 0 Å². The Hall–Kier alpha value is -1.77. The van der Waals surface area contributed by atoms with Crippen LogP contribution in [0.3, 0.4) is 0 Å². The summed E-state index contributed by atoms with van der Waals surface area (Å²) in [6.45, 7) is 9.39. The summed E-state index contributed by atoms with van der Waals surface area (Å²) in [6, 6.07) is -0.423. The molecule has 1 aromatic rings. The standard InChI is InChI=1S/C12H22N6O2S/c1-7(2)18-9(13)16-17-11(18)21-6-8(19)14-10(20)15-12(3,4)5/h7H,6H2,1-5H3,(H2,13,16)(H2,14,15,19,20). The highest BCUT2D eigenvalue weighted by Crippen LogP contribution is 2.22. The van der Waals surface area contributed by atoms with Crippen LogP contribution in [0.25, 0.3) is 0 Å². The zero-order valence-corrected chi connectivity index (χ0v) is 13.7. The third kappa shape index (κ3) is 5.62. The molecule has 0 atom stereocenters. The number of imide groups is 1. The molecule has 0 aromatic carbocycles. The predicted octanol–water partition coefficient (Wildman–Crippen LogP) is 1.16. The van der Waals surface area contributed by atoms with E-state index >= 15 is 0 Å². The van der Waals surface area contributed by atoms with Crippen LogP contribution < -0.4 is 16.4 Å². The Morgan fingerprint density at radius 2 is 1.95 bits per heavy atom. The fraction of sp³-hybridized carbons (Fsp3) is 0.667. The van der Waals surface area contributed by atoms with Gasteiger partial charge >= 0.3 is 6.03 Å². The molecular weight excluding hydrogens is 292 g/mol. The van der Waals surface area contributed by atoms with Gasteiger partial charge in [0.05, 0.1) is 5.75 Å². The smallest absolute Gasteiger partial charge is 0.321 e. The molecule has 118 valence electrons. The van der Waals surface area contributed by atoms with Gasteiger partial charge in [-0.25, -0.2) is 4.79 Å². The topological polar surface area (TPSA) is 115 Å². The van der Waals surface area contributed by atoms with Crippen LogP contribution in [0.5, 0.6) is 0 Å². The zero-order valence-electron chi connectivity index (χ0n) is 12.9. The number of carbonyl (C=O) groups excluding carboxylic acids is 2. The van der Waals surface area contributed by atoms with E-state index in [0.717, 1.165) is 0 Å². The normalized spacial score (nSPS) is 11.5. The lowest BCUT2D eigenvalue weighted by molar-refractivity contribution is -0.117. The van der Waals surface area contributed by atoms with Crippen molar-refractivity contribution in [2.75, 3.05) is 11.5 Å². The first kappa shape index (κ1) is 17.3. The third-order valence-corrected chi connectivity index (χ3v) is 3.22. The molecule has 3 amide bonds. The molecule has 0 fully saturated rings. The van der Waals surface area contributed by atoms with Crippen molar-refractivity contribution in [3.63, 3.8) is 0 Å². The van der Waals surface area contributed by atoms with Crippen molar-refractivity contribution in [2.24, 2.45) is 0 Å². The van der Waals surface area contributed by atoms with E-state index in [0.29, 0.717) is 11.1 Å². The van der Waals surface area contributed by atoms with Crippen LogP contribution >= 0.6 is 11.8 Å². The van der Waals surface area contributed by atoms with Crippen LogP contribution in [-0.4, -0.2) is 38.0 Å². The summed E-state index contributed by atoms with van der Waals surface area (Å²) in [5.41, 5.74) is 5.31. The highest BCUT2D eigenvalue weighted by atomic mass is 32.2. The number of aromatic nitrogens is 3. The Balaban J connectivity index is 2.53. The Bertz CT molecular complexity index is 520. The van der Waals surface area contributed by atoms with Crippen molar-refractivity contribution in [3.05, 3.63) is 0 Å². The summed E-state index contributed by atoms with van der Waals surface area (Å²) < 4.78 is 1.73. The second-order valence-corrected chi connectivity index (χ2v) is 6.79. The fourth-order valence-corrected chi connectivity index (χ4v) is 2.41. The number of thioether (sulfide) groups is 1. The van der Waals surface area contributed by atoms with Crippen LogP contribution in [0.4, 0.5) is 10.7 Å². The van der Waals surface area contributed by atoms with Gasteiger partial charge in [-0.1, -0.05) is 11.8 Å². The summed E-state index contributed by atoms with van der Waals surface area (Å²) in [5, 5.41) is 13.2. The van der Waals surface area contributed by atoms with Crippen LogP contribution in [0, 0.1) is 0 Å². The number of anilines is 1. The maximum absolute atomic E-state index is 11.7. The average molecular weight is 314 g/mol. The van der Waals surface area contributed by atoms with Crippen LogP contribution in [-0.2, 0) is 4.79 Å². The zero-order chi connectivity index (χ0) is 16.2. The second kappa shape index (κ2) is 6.79. The van der Waals surface area contributed by atoms with Gasteiger partial charge in [-0.05, 0) is 34.6 Å². The number of nitrogens with zero attached hydrogens (tertiary/aromatic N) is 3. The number of rotatable bonds is 4. The third-order valence-electron chi connectivity index (χ3n) is 2.28. The number of amides is 3. The SMILES string of the molecule is CC(C)n1c(N)nnc1SCC(=O)NC(=O)NC(C)(C)C. The van der Waals surface area contributed by atoms with Crippen molar-refractivity contribution >= 4 is 29.6 Å². The minimum absolute atomic E-state index is 0.0580. The molecule has 0 radical (unpaired) electrons. The Morgan fingerprint density at radius 3 is 2.48 bits per heavy atom. The number of nitrogens with two attached hydrogens (primary N) is 1. The van der Waals surface area contributed by atoms with Crippen molar-refractivity contribution in [1.29, 1.82) is 0 Å². The minimum atomic E-state index is -0.516. The van der Waals surface area contributed by atoms with Gasteiger partial charge in [0.1, 0.15) is 0 Å². The molecule has 0 spiro atoms. The molecule has 0 aliphatic rings. The summed E-state index contributed by atoms with van der Waals surface area (Å²) in [7, 11) is 0. The Morgan fingerprint density at radius 1 is 1.33 bits per heavy atom. The van der Waals surface area contributed by atoms with E-state index in [-0.39, 0.29) is 11.8 Å². The number of hydrogen-bond acceptors (Lipinski definition) is 6. The second-order valence-electron chi connectivity index (χ2n) is 5.85. The van der Waals surface area contributed by atoms with E-state index in [1.807, 2.05) is 34.6 Å². The van der Waals surface area contributed by atoms with Gasteiger partial charge in [0.2, 0.25) is 11.9 Å². The van der Waals surface area contributed by atoms with Gasteiger partial charge in [-0.3, -0.25) is 14.7 Å². The van der Waals surface area contributed by atoms with Crippen molar-refractivity contribution < 1.29 is 9.59 Å². The van der Waals surface area contributed by atoms with Gasteiger partial charge < -0.3 is 11.1 Å². The van der Waals surface area contributed by atoms with Gasteiger partial charge in [0, 0.05) is 11.6 Å². The molecule has 0 bridgehead atoms. The molecule has 0 saturated carbocycles. The first-order chi connectivity index (χ1) is 9.60. The van der Waals surface area contributed by atoms with Crippen molar-refractivity contribution in [3.8, 4) is 0 Å². The molecule has 4 N–H and O–H groups in total. The highest BCUT2D eigenvalue weighted by Gasteiger charge is 2.17. The quantitative estimate of drug-likeness (QED) is 0.718. The van der Waals surface area contributed by atoms with Gasteiger partial charge in [-0.15, -0.1) is 10.2 Å². The van der Waals surface area contributed by atoms with Crippen molar-refractivity contribution in [2.45, 2.75) is 51.4 Å². The van der Waals surface area contributed by atoms with E-state index in [1.165, 1.54) is 11.8 Å². The molecule has 0 unspecified atom stereocenters. The average Bonchev–Trinajstić information content (AvgIpc) is 2.65. The summed E-state index contributed by atoms with van der Waals surface area (Å²) in [4.78, 5) is 23.3. The Labute approximate surface area is 128 Å². The predicted molar refractivity (Wildman–Crippen MR) is 82.0 cm³/mol. The number of nitrogen functional groups attached to an aromatic ring is 1. The minimum Gasteiger partial charge on any atom is -0.368 e. The lowest BCUT2D eigenvalue weighted by Gasteiger charge is -2.20. The lowest BCUT2D eigenvalue weighted by atomic mass is 10.1. The molecule has 9 heteroatoms. The first-order valence-electron chi connectivity index (χ1n) is 6.55. The summed E-state index contributed by atoms with van der Waals surface area (Å²) in [5.74, 6) is -0.0420. The van der Waals surface area contributed by atoms with E-state index in [2.05, 4.69) is 20.8 Å². The summed E-state index contributed by atoms with van der Waals surface area (Å²) >= 11 is 1.18. The first-order valence-corrected chi connectivity index (χ1v) is 7.54. The van der Waals surface area contributed by atoms with E-state index in [4.69, 9.17) is 5.73 Å². The highest BCUT2D eigenvalue weighted by molar-refractivity contribution is 7.99. The summed E-state index contributed by atoms with van der Waals surface area (Å²) in [6.07, 6.45) is 0. The number of hydrogen-bond donors (Lipinski definition) is 3. The Kier molecular flexibility index (Phi) is 5.59. The molecule has 8 nitrogen and oxygen atoms in total. The van der Waals surface area contributed by atoms with Crippen molar-refractivity contribution in [1.82, 2.24) is 25.4 Å². The maximum Gasteiger partial charge on any atom is 0.321 e. The molecule has 21 heavy (non-hydrogen) atoms. The number of urea groups is 1. The number of nitrogens with one attached hydrogen (secondary N) is 2. The van der Waals surface area contributed by atoms with E-state index < -0.39 is 17.5 Å². The molecule has 1 rings (SSSR count). The van der Waals surface area contributed by atoms with E-state index in [9.17, 15) is 9.59 Å². The molecule has 1 heterocycles. The monoisotopic (exact) mass is 314 g/mol. The molecule has 0 aliphatic carbocycles. The number of carbonyl (C=O) groups is 2. The molecule has 0 aliphatic heterocycles.